The third kappa shape index (κ3) is 4.14. The van der Waals surface area contributed by atoms with Gasteiger partial charge in [-0.3, -0.25) is 9.48 Å². The van der Waals surface area contributed by atoms with E-state index in [1.807, 2.05) is 13.8 Å². The molecular weight excluding hydrogens is 428 g/mol. The van der Waals surface area contributed by atoms with E-state index in [-0.39, 0.29) is 28.3 Å². The normalized spacial score (nSPS) is 15.0. The maximum Gasteiger partial charge on any atom is 0.340 e. The lowest BCUT2D eigenvalue weighted by Gasteiger charge is -2.27. The first-order chi connectivity index (χ1) is 14.1. The average Bonchev–Trinajstić information content (AvgIpc) is 3.25. The van der Waals surface area contributed by atoms with Crippen molar-refractivity contribution in [3.63, 3.8) is 0 Å². The standard InChI is InChI=1S/C19H26N4O5S2/c1-6-11(2)21-30(26,27)19-16(18(25)28-5)13-7-8-23(10-15(13)29-19)17(24)14-9-12(3)20-22(14)4/h9,11,21H,6-8,10H2,1-5H3/t11-/m0/s1. The Labute approximate surface area is 180 Å². The molecule has 0 spiro atoms. The smallest absolute Gasteiger partial charge is 0.340 e. The number of aryl methyl sites for hydroxylation is 2. The highest BCUT2D eigenvalue weighted by atomic mass is 32.2. The summed E-state index contributed by atoms with van der Waals surface area (Å²) in [5.41, 5.74) is 1.93. The lowest BCUT2D eigenvalue weighted by molar-refractivity contribution is 0.0595. The Morgan fingerprint density at radius 2 is 2.10 bits per heavy atom. The molecule has 2 aromatic rings. The van der Waals surface area contributed by atoms with Crippen LogP contribution in [0.15, 0.2) is 10.3 Å². The topological polar surface area (TPSA) is 111 Å². The van der Waals surface area contributed by atoms with E-state index in [9.17, 15) is 18.0 Å². The van der Waals surface area contributed by atoms with Crippen molar-refractivity contribution in [3.8, 4) is 0 Å². The Balaban J connectivity index is 1.99. The number of esters is 1. The van der Waals surface area contributed by atoms with Crippen molar-refractivity contribution in [2.24, 2.45) is 7.05 Å². The van der Waals surface area contributed by atoms with Crippen LogP contribution in [0.3, 0.4) is 0 Å². The number of methoxy groups -OCH3 is 1. The minimum absolute atomic E-state index is 0.0506. The molecule has 1 N–H and O–H groups in total. The molecule has 30 heavy (non-hydrogen) atoms. The second-order valence-corrected chi connectivity index (χ2v) is 10.4. The molecule has 0 aromatic carbocycles. The van der Waals surface area contributed by atoms with E-state index in [0.717, 1.165) is 17.0 Å². The Morgan fingerprint density at radius 3 is 2.67 bits per heavy atom. The zero-order valence-electron chi connectivity index (χ0n) is 17.7. The lowest BCUT2D eigenvalue weighted by Crippen LogP contribution is -2.36. The minimum atomic E-state index is -3.89. The molecule has 1 atom stereocenters. The zero-order chi connectivity index (χ0) is 22.2. The Morgan fingerprint density at radius 1 is 1.40 bits per heavy atom. The fraction of sp³-hybridized carbons (Fsp3) is 0.526. The number of nitrogens with one attached hydrogen (secondary N) is 1. The van der Waals surface area contributed by atoms with Crippen molar-refractivity contribution >= 4 is 33.2 Å². The first kappa shape index (κ1) is 22.4. The zero-order valence-corrected chi connectivity index (χ0v) is 19.3. The lowest BCUT2D eigenvalue weighted by atomic mass is 10.0. The average molecular weight is 455 g/mol. The van der Waals surface area contributed by atoms with Gasteiger partial charge in [-0.25, -0.2) is 17.9 Å². The van der Waals surface area contributed by atoms with Crippen molar-refractivity contribution in [2.75, 3.05) is 13.7 Å². The van der Waals surface area contributed by atoms with Crippen LogP contribution in [-0.2, 0) is 34.8 Å². The van der Waals surface area contributed by atoms with Crippen molar-refractivity contribution < 1.29 is 22.7 Å². The van der Waals surface area contributed by atoms with E-state index in [1.54, 1.807) is 24.9 Å². The number of thiophene rings is 1. The molecule has 0 saturated heterocycles. The van der Waals surface area contributed by atoms with Gasteiger partial charge < -0.3 is 9.64 Å². The van der Waals surface area contributed by atoms with Gasteiger partial charge in [-0.15, -0.1) is 11.3 Å². The summed E-state index contributed by atoms with van der Waals surface area (Å²) in [5, 5.41) is 4.21. The van der Waals surface area contributed by atoms with Crippen molar-refractivity contribution in [1.82, 2.24) is 19.4 Å². The van der Waals surface area contributed by atoms with Crippen LogP contribution in [-0.4, -0.2) is 54.7 Å². The quantitative estimate of drug-likeness (QED) is 0.667. The highest BCUT2D eigenvalue weighted by Gasteiger charge is 2.35. The van der Waals surface area contributed by atoms with Crippen molar-refractivity contribution in [1.29, 1.82) is 0 Å². The molecule has 9 nitrogen and oxygen atoms in total. The van der Waals surface area contributed by atoms with Crippen molar-refractivity contribution in [3.05, 3.63) is 33.5 Å². The predicted octanol–water partition coefficient (Wildman–Crippen LogP) is 1.85. The molecule has 1 amide bonds. The van der Waals surface area contributed by atoms with Gasteiger partial charge in [-0.2, -0.15) is 5.10 Å². The Bertz CT molecular complexity index is 1090. The largest absolute Gasteiger partial charge is 0.465 e. The number of rotatable bonds is 6. The van der Waals surface area contributed by atoms with Gasteiger partial charge in [0.1, 0.15) is 9.90 Å². The molecule has 0 unspecified atom stereocenters. The molecular formula is C19H26N4O5S2. The molecule has 0 bridgehead atoms. The van der Waals surface area contributed by atoms with E-state index in [4.69, 9.17) is 4.74 Å². The molecule has 3 heterocycles. The van der Waals surface area contributed by atoms with E-state index >= 15 is 0 Å². The van der Waals surface area contributed by atoms with Gasteiger partial charge in [0.05, 0.1) is 24.9 Å². The molecule has 0 fully saturated rings. The third-order valence-corrected chi connectivity index (χ3v) is 8.46. The molecule has 0 aliphatic carbocycles. The second-order valence-electron chi connectivity index (χ2n) is 7.36. The number of carbonyl (C=O) groups excluding carboxylic acids is 2. The van der Waals surface area contributed by atoms with Crippen LogP contribution in [0.4, 0.5) is 0 Å². The number of fused-ring (bicyclic) bond motifs is 1. The van der Waals surface area contributed by atoms with Crippen molar-refractivity contribution in [2.45, 2.75) is 50.4 Å². The summed E-state index contributed by atoms with van der Waals surface area (Å²) in [7, 11) is -0.954. The van der Waals surface area contributed by atoms with Gasteiger partial charge in [0, 0.05) is 24.5 Å². The highest BCUT2D eigenvalue weighted by molar-refractivity contribution is 7.91. The van der Waals surface area contributed by atoms with E-state index in [0.29, 0.717) is 35.5 Å². The van der Waals surface area contributed by atoms with Gasteiger partial charge in [0.2, 0.25) is 0 Å². The molecule has 3 rings (SSSR count). The summed E-state index contributed by atoms with van der Waals surface area (Å²) in [6, 6.07) is 1.45. The SMILES string of the molecule is CC[C@H](C)NS(=O)(=O)c1sc2c(c1C(=O)OC)CCN(C(=O)c1cc(C)nn1C)C2. The van der Waals surface area contributed by atoms with Gasteiger partial charge in [-0.05, 0) is 38.3 Å². The van der Waals surface area contributed by atoms with Gasteiger partial charge in [0.15, 0.2) is 0 Å². The second kappa shape index (κ2) is 8.48. The maximum absolute atomic E-state index is 13.0. The number of sulfonamides is 1. The fourth-order valence-corrected chi connectivity index (χ4v) is 6.67. The maximum atomic E-state index is 13.0. The van der Waals surface area contributed by atoms with Crippen LogP contribution in [0, 0.1) is 6.92 Å². The number of nitrogens with zero attached hydrogens (tertiary/aromatic N) is 3. The number of carbonyl (C=O) groups is 2. The molecule has 11 heteroatoms. The van der Waals surface area contributed by atoms with Gasteiger partial charge in [0.25, 0.3) is 15.9 Å². The number of amides is 1. The first-order valence-corrected chi connectivity index (χ1v) is 11.9. The third-order valence-electron chi connectivity index (χ3n) is 5.14. The van der Waals surface area contributed by atoms with Crippen LogP contribution in [0.2, 0.25) is 0 Å². The van der Waals surface area contributed by atoms with Crippen LogP contribution < -0.4 is 4.72 Å². The van der Waals surface area contributed by atoms with E-state index in [1.165, 1.54) is 11.8 Å². The molecule has 2 aromatic heterocycles. The molecule has 164 valence electrons. The monoisotopic (exact) mass is 454 g/mol. The number of hydrogen-bond acceptors (Lipinski definition) is 7. The summed E-state index contributed by atoms with van der Waals surface area (Å²) >= 11 is 1.02. The summed E-state index contributed by atoms with van der Waals surface area (Å²) < 4.78 is 34.8. The predicted molar refractivity (Wildman–Crippen MR) is 112 cm³/mol. The Hall–Kier alpha value is -2.24. The van der Waals surface area contributed by atoms with E-state index in [2.05, 4.69) is 9.82 Å². The highest BCUT2D eigenvalue weighted by Crippen LogP contribution is 2.37. The number of hydrogen-bond donors (Lipinski definition) is 1. The molecule has 1 aliphatic rings. The number of aromatic nitrogens is 2. The van der Waals surface area contributed by atoms with Crippen LogP contribution in [0.5, 0.6) is 0 Å². The Kier molecular flexibility index (Phi) is 6.34. The molecule has 0 radical (unpaired) electrons. The van der Waals surface area contributed by atoms with Crippen LogP contribution >= 0.6 is 11.3 Å². The summed E-state index contributed by atoms with van der Waals surface area (Å²) in [6.45, 7) is 6.05. The minimum Gasteiger partial charge on any atom is -0.465 e. The number of ether oxygens (including phenoxy) is 1. The van der Waals surface area contributed by atoms with Gasteiger partial charge >= 0.3 is 5.97 Å². The van der Waals surface area contributed by atoms with Crippen LogP contribution in [0.1, 0.15) is 57.2 Å². The summed E-state index contributed by atoms with van der Waals surface area (Å²) in [5.74, 6) is -0.863. The fourth-order valence-electron chi connectivity index (χ4n) is 3.42. The van der Waals surface area contributed by atoms with E-state index < -0.39 is 16.0 Å². The first-order valence-electron chi connectivity index (χ1n) is 9.64. The summed E-state index contributed by atoms with van der Waals surface area (Å²) in [4.78, 5) is 27.7. The summed E-state index contributed by atoms with van der Waals surface area (Å²) in [6.07, 6.45) is 0.988. The molecule has 0 saturated carbocycles. The molecule has 1 aliphatic heterocycles. The van der Waals surface area contributed by atoms with Gasteiger partial charge in [-0.1, -0.05) is 6.92 Å². The van der Waals surface area contributed by atoms with Crippen LogP contribution in [0.25, 0.3) is 0 Å².